The van der Waals surface area contributed by atoms with Crippen LogP contribution in [0.1, 0.15) is 18.4 Å². The average molecular weight is 243 g/mol. The minimum absolute atomic E-state index is 0.0236. The van der Waals surface area contributed by atoms with Crippen molar-refractivity contribution in [2.45, 2.75) is 12.8 Å². The van der Waals surface area contributed by atoms with E-state index < -0.39 is 0 Å². The SMILES string of the molecule is CN(C(=O)C1CCCNC1)c1ccccc1C#N. The molecule has 1 N–H and O–H groups in total. The van der Waals surface area contributed by atoms with Crippen LogP contribution in [-0.4, -0.2) is 26.0 Å². The number of nitrogens with one attached hydrogen (secondary N) is 1. The van der Waals surface area contributed by atoms with Gasteiger partial charge in [-0.2, -0.15) is 5.26 Å². The van der Waals surface area contributed by atoms with Gasteiger partial charge in [0.2, 0.25) is 5.91 Å². The fourth-order valence-electron chi connectivity index (χ4n) is 2.32. The summed E-state index contributed by atoms with van der Waals surface area (Å²) in [6, 6.07) is 9.33. The van der Waals surface area contributed by atoms with Crippen molar-refractivity contribution >= 4 is 11.6 Å². The van der Waals surface area contributed by atoms with Crippen LogP contribution in [0.25, 0.3) is 0 Å². The number of rotatable bonds is 2. The maximum atomic E-state index is 12.3. The number of nitriles is 1. The summed E-state index contributed by atoms with van der Waals surface area (Å²) in [5.74, 6) is 0.111. The summed E-state index contributed by atoms with van der Waals surface area (Å²) in [6.45, 7) is 1.72. The summed E-state index contributed by atoms with van der Waals surface area (Å²) in [6.07, 6.45) is 1.95. The zero-order valence-electron chi connectivity index (χ0n) is 10.5. The standard InChI is InChI=1S/C14H17N3O/c1-17(13-7-3-2-5-11(13)9-15)14(18)12-6-4-8-16-10-12/h2-3,5,7,12,16H,4,6,8,10H2,1H3. The Hall–Kier alpha value is -1.86. The number of benzene rings is 1. The van der Waals surface area contributed by atoms with E-state index in [1.807, 2.05) is 18.2 Å². The first kappa shape index (κ1) is 12.6. The van der Waals surface area contributed by atoms with Gasteiger partial charge in [0.1, 0.15) is 6.07 Å². The topological polar surface area (TPSA) is 56.1 Å². The van der Waals surface area contributed by atoms with Crippen molar-refractivity contribution in [3.05, 3.63) is 29.8 Å². The van der Waals surface area contributed by atoms with Crippen LogP contribution in [0.3, 0.4) is 0 Å². The third-order valence-electron chi connectivity index (χ3n) is 3.36. The van der Waals surface area contributed by atoms with E-state index in [1.54, 1.807) is 18.0 Å². The van der Waals surface area contributed by atoms with Crippen molar-refractivity contribution in [3.8, 4) is 6.07 Å². The quantitative estimate of drug-likeness (QED) is 0.856. The minimum atomic E-state index is 0.0236. The van der Waals surface area contributed by atoms with Crippen LogP contribution in [0, 0.1) is 17.2 Å². The van der Waals surface area contributed by atoms with Crippen LogP contribution in [-0.2, 0) is 4.79 Å². The zero-order valence-corrected chi connectivity index (χ0v) is 10.5. The summed E-state index contributed by atoms with van der Waals surface area (Å²) >= 11 is 0. The Labute approximate surface area is 107 Å². The maximum absolute atomic E-state index is 12.3. The fourth-order valence-corrected chi connectivity index (χ4v) is 2.32. The van der Waals surface area contributed by atoms with E-state index in [0.29, 0.717) is 11.3 Å². The maximum Gasteiger partial charge on any atom is 0.231 e. The van der Waals surface area contributed by atoms with E-state index in [0.717, 1.165) is 25.9 Å². The van der Waals surface area contributed by atoms with Crippen molar-refractivity contribution in [3.63, 3.8) is 0 Å². The average Bonchev–Trinajstić information content (AvgIpc) is 2.46. The van der Waals surface area contributed by atoms with Gasteiger partial charge >= 0.3 is 0 Å². The number of carbonyl (C=O) groups is 1. The molecule has 0 bridgehead atoms. The van der Waals surface area contributed by atoms with E-state index in [2.05, 4.69) is 11.4 Å². The molecular weight excluding hydrogens is 226 g/mol. The molecule has 1 aliphatic rings. The molecule has 1 amide bonds. The molecule has 1 aliphatic heterocycles. The molecule has 1 fully saturated rings. The van der Waals surface area contributed by atoms with Gasteiger partial charge in [0.05, 0.1) is 17.2 Å². The molecule has 4 nitrogen and oxygen atoms in total. The summed E-state index contributed by atoms with van der Waals surface area (Å²) in [5, 5.41) is 12.3. The van der Waals surface area contributed by atoms with Crippen LogP contribution in [0.2, 0.25) is 0 Å². The smallest absolute Gasteiger partial charge is 0.231 e. The second kappa shape index (κ2) is 5.65. The van der Waals surface area contributed by atoms with E-state index in [9.17, 15) is 4.79 Å². The van der Waals surface area contributed by atoms with Gasteiger partial charge in [0.15, 0.2) is 0 Å². The van der Waals surface area contributed by atoms with E-state index in [1.165, 1.54) is 0 Å². The van der Waals surface area contributed by atoms with Gasteiger partial charge < -0.3 is 10.2 Å². The van der Waals surface area contributed by atoms with Crippen molar-refractivity contribution in [1.82, 2.24) is 5.32 Å². The zero-order chi connectivity index (χ0) is 13.0. The van der Waals surface area contributed by atoms with Crippen LogP contribution in [0.4, 0.5) is 5.69 Å². The van der Waals surface area contributed by atoms with Crippen molar-refractivity contribution in [1.29, 1.82) is 5.26 Å². The Kier molecular flexibility index (Phi) is 3.96. The highest BCUT2D eigenvalue weighted by atomic mass is 16.2. The van der Waals surface area contributed by atoms with E-state index in [4.69, 9.17) is 5.26 Å². The number of para-hydroxylation sites is 1. The molecule has 1 atom stereocenters. The fraction of sp³-hybridized carbons (Fsp3) is 0.429. The summed E-state index contributed by atoms with van der Waals surface area (Å²) in [5.41, 5.74) is 1.23. The Bertz CT molecular complexity index is 472. The van der Waals surface area contributed by atoms with E-state index >= 15 is 0 Å². The second-order valence-electron chi connectivity index (χ2n) is 4.57. The van der Waals surface area contributed by atoms with Crippen LogP contribution >= 0.6 is 0 Å². The molecule has 2 rings (SSSR count). The number of nitrogens with zero attached hydrogens (tertiary/aromatic N) is 2. The molecule has 1 saturated heterocycles. The summed E-state index contributed by atoms with van der Waals surface area (Å²) < 4.78 is 0. The van der Waals surface area contributed by atoms with Crippen molar-refractivity contribution < 1.29 is 4.79 Å². The highest BCUT2D eigenvalue weighted by Crippen LogP contribution is 2.22. The molecule has 1 unspecified atom stereocenters. The number of amides is 1. The number of piperidine rings is 1. The van der Waals surface area contributed by atoms with Gasteiger partial charge in [-0.05, 0) is 31.5 Å². The monoisotopic (exact) mass is 243 g/mol. The van der Waals surface area contributed by atoms with Gasteiger partial charge in [0, 0.05) is 13.6 Å². The lowest BCUT2D eigenvalue weighted by molar-refractivity contribution is -0.122. The number of anilines is 1. The molecule has 0 radical (unpaired) electrons. The lowest BCUT2D eigenvalue weighted by Crippen LogP contribution is -2.41. The number of hydrogen-bond donors (Lipinski definition) is 1. The Balaban J connectivity index is 2.17. The molecule has 18 heavy (non-hydrogen) atoms. The van der Waals surface area contributed by atoms with Crippen LogP contribution in [0.5, 0.6) is 0 Å². The molecule has 0 saturated carbocycles. The van der Waals surface area contributed by atoms with Gasteiger partial charge in [-0.3, -0.25) is 4.79 Å². The lowest BCUT2D eigenvalue weighted by atomic mass is 9.98. The summed E-state index contributed by atoms with van der Waals surface area (Å²) in [7, 11) is 1.74. The molecule has 0 aliphatic carbocycles. The van der Waals surface area contributed by atoms with Crippen molar-refractivity contribution in [2.24, 2.45) is 5.92 Å². The normalized spacial score (nSPS) is 19.0. The second-order valence-corrected chi connectivity index (χ2v) is 4.57. The lowest BCUT2D eigenvalue weighted by Gasteiger charge is -2.27. The summed E-state index contributed by atoms with van der Waals surface area (Å²) in [4.78, 5) is 14.0. The van der Waals surface area contributed by atoms with Gasteiger partial charge in [-0.25, -0.2) is 0 Å². The highest BCUT2D eigenvalue weighted by Gasteiger charge is 2.25. The Morgan fingerprint density at radius 1 is 1.50 bits per heavy atom. The first-order valence-electron chi connectivity index (χ1n) is 6.21. The molecule has 0 spiro atoms. The highest BCUT2D eigenvalue weighted by molar-refractivity contribution is 5.95. The van der Waals surface area contributed by atoms with Gasteiger partial charge in [-0.1, -0.05) is 12.1 Å². The molecular formula is C14H17N3O. The predicted octanol–water partition coefficient (Wildman–Crippen LogP) is 1.52. The van der Waals surface area contributed by atoms with Crippen LogP contribution in [0.15, 0.2) is 24.3 Å². The minimum Gasteiger partial charge on any atom is -0.316 e. The Morgan fingerprint density at radius 3 is 2.94 bits per heavy atom. The molecule has 1 aromatic carbocycles. The van der Waals surface area contributed by atoms with Gasteiger partial charge in [0.25, 0.3) is 0 Å². The number of hydrogen-bond acceptors (Lipinski definition) is 3. The third kappa shape index (κ3) is 2.52. The predicted molar refractivity (Wildman–Crippen MR) is 70.2 cm³/mol. The molecule has 1 heterocycles. The Morgan fingerprint density at radius 2 is 2.28 bits per heavy atom. The van der Waals surface area contributed by atoms with E-state index in [-0.39, 0.29) is 11.8 Å². The molecule has 94 valence electrons. The van der Waals surface area contributed by atoms with Crippen molar-refractivity contribution in [2.75, 3.05) is 25.0 Å². The molecule has 1 aromatic rings. The largest absolute Gasteiger partial charge is 0.316 e. The molecule has 4 heteroatoms. The first-order chi connectivity index (χ1) is 8.74. The third-order valence-corrected chi connectivity index (χ3v) is 3.36. The first-order valence-corrected chi connectivity index (χ1v) is 6.21. The molecule has 0 aromatic heterocycles. The number of carbonyl (C=O) groups excluding carboxylic acids is 1. The van der Waals surface area contributed by atoms with Gasteiger partial charge in [-0.15, -0.1) is 0 Å². The van der Waals surface area contributed by atoms with Crippen LogP contribution < -0.4 is 10.2 Å².